The third-order valence-corrected chi connectivity index (χ3v) is 3.97. The van der Waals surface area contributed by atoms with Crippen LogP contribution in [0.5, 0.6) is 0 Å². The summed E-state index contributed by atoms with van der Waals surface area (Å²) in [5.74, 6) is 0. The van der Waals surface area contributed by atoms with Crippen LogP contribution in [0.3, 0.4) is 0 Å². The third kappa shape index (κ3) is 2.19. The average molecular weight is 284 g/mol. The molecule has 0 spiro atoms. The predicted molar refractivity (Wildman–Crippen MR) is 91.2 cm³/mol. The maximum atomic E-state index is 4.20. The highest BCUT2D eigenvalue weighted by molar-refractivity contribution is 5.87. The highest BCUT2D eigenvalue weighted by Gasteiger charge is 2.05. The predicted octanol–water partition coefficient (Wildman–Crippen LogP) is 5.00. The standard InChI is InChI=1S/C20H16N2/c1-15-4-2-5-16(12-15)17-7-8-20-18(13-17)9-11-22(20)19-6-3-10-21-14-19/h2-14H,1H3. The van der Waals surface area contributed by atoms with Crippen LogP contribution < -0.4 is 0 Å². The summed E-state index contributed by atoms with van der Waals surface area (Å²) in [5.41, 5.74) is 6.08. The molecule has 22 heavy (non-hydrogen) atoms. The van der Waals surface area contributed by atoms with Crippen LogP contribution in [-0.2, 0) is 0 Å². The van der Waals surface area contributed by atoms with Crippen molar-refractivity contribution in [1.82, 2.24) is 9.55 Å². The van der Waals surface area contributed by atoms with Crippen LogP contribution >= 0.6 is 0 Å². The molecule has 0 fully saturated rings. The molecule has 0 aliphatic carbocycles. The van der Waals surface area contributed by atoms with E-state index in [0.717, 1.165) is 5.69 Å². The molecule has 0 radical (unpaired) electrons. The van der Waals surface area contributed by atoms with Gasteiger partial charge in [-0.25, -0.2) is 0 Å². The number of aryl methyl sites for hydroxylation is 1. The second-order valence-corrected chi connectivity index (χ2v) is 5.54. The molecule has 4 aromatic rings. The van der Waals surface area contributed by atoms with Crippen molar-refractivity contribution < 1.29 is 0 Å². The highest BCUT2D eigenvalue weighted by atomic mass is 15.0. The van der Waals surface area contributed by atoms with Crippen LogP contribution in [0.1, 0.15) is 5.56 Å². The van der Waals surface area contributed by atoms with Crippen LogP contribution in [-0.4, -0.2) is 9.55 Å². The van der Waals surface area contributed by atoms with E-state index in [1.165, 1.54) is 27.6 Å². The van der Waals surface area contributed by atoms with Gasteiger partial charge in [-0.3, -0.25) is 4.98 Å². The summed E-state index contributed by atoms with van der Waals surface area (Å²) in [7, 11) is 0. The first kappa shape index (κ1) is 12.8. The number of rotatable bonds is 2. The number of fused-ring (bicyclic) bond motifs is 1. The Labute approximate surface area is 129 Å². The summed E-state index contributed by atoms with van der Waals surface area (Å²) >= 11 is 0. The molecule has 2 aromatic heterocycles. The average Bonchev–Trinajstić information content (AvgIpc) is 2.99. The number of hydrogen-bond donors (Lipinski definition) is 0. The van der Waals surface area contributed by atoms with Gasteiger partial charge in [-0.2, -0.15) is 0 Å². The maximum Gasteiger partial charge on any atom is 0.0639 e. The zero-order valence-electron chi connectivity index (χ0n) is 12.4. The Hall–Kier alpha value is -2.87. The van der Waals surface area contributed by atoms with Gasteiger partial charge in [-0.15, -0.1) is 0 Å². The third-order valence-electron chi connectivity index (χ3n) is 3.97. The highest BCUT2D eigenvalue weighted by Crippen LogP contribution is 2.27. The summed E-state index contributed by atoms with van der Waals surface area (Å²) in [6, 6.07) is 21.4. The second-order valence-electron chi connectivity index (χ2n) is 5.54. The summed E-state index contributed by atoms with van der Waals surface area (Å²) < 4.78 is 2.17. The molecule has 0 bridgehead atoms. The van der Waals surface area contributed by atoms with E-state index in [0.29, 0.717) is 0 Å². The van der Waals surface area contributed by atoms with Gasteiger partial charge < -0.3 is 4.57 Å². The molecule has 4 rings (SSSR count). The Morgan fingerprint density at radius 3 is 2.59 bits per heavy atom. The van der Waals surface area contributed by atoms with Crippen LogP contribution in [0.4, 0.5) is 0 Å². The molecule has 0 amide bonds. The lowest BCUT2D eigenvalue weighted by molar-refractivity contribution is 1.10. The number of benzene rings is 2. The fourth-order valence-corrected chi connectivity index (χ4v) is 2.87. The zero-order valence-corrected chi connectivity index (χ0v) is 12.4. The molecule has 2 aromatic carbocycles. The summed E-state index contributed by atoms with van der Waals surface area (Å²) in [5, 5.41) is 1.24. The first-order chi connectivity index (χ1) is 10.8. The van der Waals surface area contributed by atoms with Crippen LogP contribution in [0.15, 0.2) is 79.3 Å². The Morgan fingerprint density at radius 1 is 0.864 bits per heavy atom. The molecule has 0 unspecified atom stereocenters. The van der Waals surface area contributed by atoms with Gasteiger partial charge in [0, 0.05) is 17.8 Å². The Morgan fingerprint density at radius 2 is 1.77 bits per heavy atom. The first-order valence-corrected chi connectivity index (χ1v) is 7.40. The van der Waals surface area contributed by atoms with Gasteiger partial charge >= 0.3 is 0 Å². The molecule has 0 atom stereocenters. The van der Waals surface area contributed by atoms with Crippen molar-refractivity contribution in [3.8, 4) is 16.8 Å². The number of hydrogen-bond acceptors (Lipinski definition) is 1. The van der Waals surface area contributed by atoms with Crippen LogP contribution in [0.2, 0.25) is 0 Å². The number of pyridine rings is 1. The Bertz CT molecular complexity index is 936. The van der Waals surface area contributed by atoms with E-state index >= 15 is 0 Å². The van der Waals surface area contributed by atoms with Crippen molar-refractivity contribution >= 4 is 10.9 Å². The van der Waals surface area contributed by atoms with Crippen molar-refractivity contribution in [3.63, 3.8) is 0 Å². The molecular formula is C20H16N2. The van der Waals surface area contributed by atoms with Gasteiger partial charge in [-0.05, 0) is 48.4 Å². The quantitative estimate of drug-likeness (QED) is 0.506. The molecule has 2 nitrogen and oxygen atoms in total. The molecule has 0 N–H and O–H groups in total. The van der Waals surface area contributed by atoms with E-state index in [4.69, 9.17) is 0 Å². The monoisotopic (exact) mass is 284 g/mol. The molecule has 2 heteroatoms. The largest absolute Gasteiger partial charge is 0.315 e. The van der Waals surface area contributed by atoms with Gasteiger partial charge in [-0.1, -0.05) is 35.9 Å². The lowest BCUT2D eigenvalue weighted by atomic mass is 10.0. The molecule has 0 saturated carbocycles. The van der Waals surface area contributed by atoms with Crippen molar-refractivity contribution in [3.05, 3.63) is 84.8 Å². The van der Waals surface area contributed by atoms with E-state index in [-0.39, 0.29) is 0 Å². The molecule has 0 aliphatic rings. The minimum Gasteiger partial charge on any atom is -0.315 e. The van der Waals surface area contributed by atoms with E-state index in [2.05, 4.69) is 77.3 Å². The fraction of sp³-hybridized carbons (Fsp3) is 0.0500. The summed E-state index contributed by atoms with van der Waals surface area (Å²) in [4.78, 5) is 4.20. The van der Waals surface area contributed by atoms with Crippen molar-refractivity contribution in [2.75, 3.05) is 0 Å². The minimum atomic E-state index is 1.08. The topological polar surface area (TPSA) is 17.8 Å². The molecule has 0 aliphatic heterocycles. The van der Waals surface area contributed by atoms with Gasteiger partial charge in [0.2, 0.25) is 0 Å². The maximum absolute atomic E-state index is 4.20. The van der Waals surface area contributed by atoms with Gasteiger partial charge in [0.05, 0.1) is 17.4 Å². The van der Waals surface area contributed by atoms with E-state index < -0.39 is 0 Å². The molecule has 2 heterocycles. The number of aromatic nitrogens is 2. The smallest absolute Gasteiger partial charge is 0.0639 e. The SMILES string of the molecule is Cc1cccc(-c2ccc3c(ccn3-c3cccnc3)c2)c1. The molecule has 106 valence electrons. The number of nitrogens with zero attached hydrogens (tertiary/aromatic N) is 2. The van der Waals surface area contributed by atoms with Gasteiger partial charge in [0.25, 0.3) is 0 Å². The van der Waals surface area contributed by atoms with Crippen molar-refractivity contribution in [1.29, 1.82) is 0 Å². The first-order valence-electron chi connectivity index (χ1n) is 7.40. The molecular weight excluding hydrogens is 268 g/mol. The van der Waals surface area contributed by atoms with Gasteiger partial charge in [0.15, 0.2) is 0 Å². The fourth-order valence-electron chi connectivity index (χ4n) is 2.87. The van der Waals surface area contributed by atoms with E-state index in [9.17, 15) is 0 Å². The molecule has 0 saturated heterocycles. The van der Waals surface area contributed by atoms with Crippen molar-refractivity contribution in [2.24, 2.45) is 0 Å². The minimum absolute atomic E-state index is 1.08. The van der Waals surface area contributed by atoms with Crippen LogP contribution in [0.25, 0.3) is 27.7 Å². The van der Waals surface area contributed by atoms with Gasteiger partial charge in [0.1, 0.15) is 0 Å². The van der Waals surface area contributed by atoms with Crippen molar-refractivity contribution in [2.45, 2.75) is 6.92 Å². The normalized spacial score (nSPS) is 11.0. The summed E-state index contributed by atoms with van der Waals surface area (Å²) in [6.45, 7) is 2.13. The zero-order chi connectivity index (χ0) is 14.9. The van der Waals surface area contributed by atoms with E-state index in [1.54, 1.807) is 6.20 Å². The lowest BCUT2D eigenvalue weighted by Crippen LogP contribution is -1.91. The Kier molecular flexibility index (Phi) is 3.01. The van der Waals surface area contributed by atoms with E-state index in [1.807, 2.05) is 12.3 Å². The second kappa shape index (κ2) is 5.15. The van der Waals surface area contributed by atoms with Crippen LogP contribution in [0, 0.1) is 6.92 Å². The summed E-state index contributed by atoms with van der Waals surface area (Å²) in [6.07, 6.45) is 5.78. The lowest BCUT2D eigenvalue weighted by Gasteiger charge is -2.06. The Balaban J connectivity index is 1.84.